The molecular formula is C10H9F4N. The van der Waals surface area contributed by atoms with Gasteiger partial charge in [0.15, 0.2) is 0 Å². The maximum Gasteiger partial charge on any atom is 0.396 e. The van der Waals surface area contributed by atoms with Gasteiger partial charge in [0.2, 0.25) is 0 Å². The number of hydrogen-bond acceptors (Lipinski definition) is 1. The molecule has 1 atom stereocenters. The Bertz CT molecular complexity index is 372. The number of halogens is 4. The third-order valence-corrected chi connectivity index (χ3v) is 2.58. The zero-order valence-corrected chi connectivity index (χ0v) is 7.74. The normalized spacial score (nSPS) is 21.2. The SMILES string of the molecule is Fc1cccc2c1CNCC2C(F)(F)F. The number of alkyl halides is 3. The van der Waals surface area contributed by atoms with Gasteiger partial charge in [-0.2, -0.15) is 13.2 Å². The summed E-state index contributed by atoms with van der Waals surface area (Å²) >= 11 is 0. The van der Waals surface area contributed by atoms with Crippen LogP contribution in [-0.4, -0.2) is 12.7 Å². The molecule has 1 unspecified atom stereocenters. The summed E-state index contributed by atoms with van der Waals surface area (Å²) in [6.07, 6.45) is -4.32. The summed E-state index contributed by atoms with van der Waals surface area (Å²) in [5.74, 6) is -2.18. The van der Waals surface area contributed by atoms with Crippen LogP contribution in [0.2, 0.25) is 0 Å². The molecule has 1 aliphatic rings. The van der Waals surface area contributed by atoms with Crippen molar-refractivity contribution in [2.75, 3.05) is 6.54 Å². The standard InChI is InChI=1S/C10H9F4N/c11-9-3-1-2-6-7(9)4-15-5-8(6)10(12,13)14/h1-3,8,15H,4-5H2. The molecule has 0 saturated heterocycles. The Morgan fingerprint density at radius 3 is 2.67 bits per heavy atom. The fourth-order valence-electron chi connectivity index (χ4n) is 1.83. The third-order valence-electron chi connectivity index (χ3n) is 2.58. The van der Waals surface area contributed by atoms with E-state index >= 15 is 0 Å². The molecule has 0 spiro atoms. The molecular weight excluding hydrogens is 210 g/mol. The molecule has 1 aromatic rings. The Morgan fingerprint density at radius 1 is 1.27 bits per heavy atom. The van der Waals surface area contributed by atoms with Gasteiger partial charge in [-0.05, 0) is 11.6 Å². The Kier molecular flexibility index (Phi) is 2.42. The number of benzene rings is 1. The molecule has 2 rings (SSSR count). The highest BCUT2D eigenvalue weighted by molar-refractivity contribution is 5.34. The fourth-order valence-corrected chi connectivity index (χ4v) is 1.83. The summed E-state index contributed by atoms with van der Waals surface area (Å²) in [5.41, 5.74) is 0.187. The average Bonchev–Trinajstić information content (AvgIpc) is 2.16. The van der Waals surface area contributed by atoms with Gasteiger partial charge in [0, 0.05) is 18.7 Å². The summed E-state index contributed by atoms with van der Waals surface area (Å²) in [4.78, 5) is 0. The lowest BCUT2D eigenvalue weighted by Gasteiger charge is -2.28. The van der Waals surface area contributed by atoms with Gasteiger partial charge in [-0.3, -0.25) is 0 Å². The summed E-state index contributed by atoms with van der Waals surface area (Å²) in [6.45, 7) is -0.0193. The predicted molar refractivity (Wildman–Crippen MR) is 46.9 cm³/mol. The van der Waals surface area contributed by atoms with Crippen LogP contribution < -0.4 is 5.32 Å². The highest BCUT2D eigenvalue weighted by Gasteiger charge is 2.43. The van der Waals surface area contributed by atoms with Crippen molar-refractivity contribution in [1.82, 2.24) is 5.32 Å². The molecule has 1 aromatic carbocycles. The van der Waals surface area contributed by atoms with Crippen LogP contribution in [0.3, 0.4) is 0 Å². The van der Waals surface area contributed by atoms with Crippen molar-refractivity contribution in [3.8, 4) is 0 Å². The lowest BCUT2D eigenvalue weighted by Crippen LogP contribution is -2.36. The van der Waals surface area contributed by atoms with Crippen molar-refractivity contribution < 1.29 is 17.6 Å². The van der Waals surface area contributed by atoms with Gasteiger partial charge in [0.05, 0.1) is 5.92 Å². The Morgan fingerprint density at radius 2 is 2.00 bits per heavy atom. The lowest BCUT2D eigenvalue weighted by molar-refractivity contribution is -0.150. The molecule has 82 valence electrons. The molecule has 0 amide bonds. The van der Waals surface area contributed by atoms with Crippen LogP contribution in [0.15, 0.2) is 18.2 Å². The van der Waals surface area contributed by atoms with Crippen molar-refractivity contribution in [1.29, 1.82) is 0 Å². The second-order valence-electron chi connectivity index (χ2n) is 3.53. The molecule has 1 heterocycles. The predicted octanol–water partition coefficient (Wildman–Crippen LogP) is 2.57. The van der Waals surface area contributed by atoms with Crippen LogP contribution >= 0.6 is 0 Å². The van der Waals surface area contributed by atoms with Gasteiger partial charge < -0.3 is 5.32 Å². The van der Waals surface area contributed by atoms with Crippen molar-refractivity contribution in [2.45, 2.75) is 18.6 Å². The number of fused-ring (bicyclic) bond motifs is 1. The summed E-state index contributed by atoms with van der Waals surface area (Å²) in [7, 11) is 0. The molecule has 0 radical (unpaired) electrons. The van der Waals surface area contributed by atoms with Gasteiger partial charge in [-0.15, -0.1) is 0 Å². The largest absolute Gasteiger partial charge is 0.396 e. The van der Waals surface area contributed by atoms with E-state index in [1.165, 1.54) is 18.2 Å². The molecule has 1 N–H and O–H groups in total. The van der Waals surface area contributed by atoms with Gasteiger partial charge in [0.25, 0.3) is 0 Å². The zero-order chi connectivity index (χ0) is 11.1. The van der Waals surface area contributed by atoms with Crippen molar-refractivity contribution >= 4 is 0 Å². The maximum atomic E-state index is 13.2. The lowest BCUT2D eigenvalue weighted by atomic mass is 9.90. The molecule has 0 fully saturated rings. The molecule has 0 bridgehead atoms. The molecule has 1 nitrogen and oxygen atoms in total. The van der Waals surface area contributed by atoms with E-state index in [1.807, 2.05) is 0 Å². The van der Waals surface area contributed by atoms with Gasteiger partial charge in [-0.1, -0.05) is 12.1 Å². The summed E-state index contributed by atoms with van der Waals surface area (Å²) in [6, 6.07) is 3.84. The highest BCUT2D eigenvalue weighted by atomic mass is 19.4. The van der Waals surface area contributed by atoms with Crippen LogP contribution in [0, 0.1) is 5.82 Å². The van der Waals surface area contributed by atoms with Crippen LogP contribution in [0.25, 0.3) is 0 Å². The first-order valence-electron chi connectivity index (χ1n) is 4.55. The second kappa shape index (κ2) is 3.48. The van der Waals surface area contributed by atoms with E-state index < -0.39 is 17.9 Å². The van der Waals surface area contributed by atoms with E-state index in [0.717, 1.165) is 0 Å². The van der Waals surface area contributed by atoms with Gasteiger partial charge in [-0.25, -0.2) is 4.39 Å². The smallest absolute Gasteiger partial charge is 0.312 e. The van der Waals surface area contributed by atoms with E-state index in [0.29, 0.717) is 0 Å². The summed E-state index contributed by atoms with van der Waals surface area (Å²) < 4.78 is 51.0. The zero-order valence-electron chi connectivity index (χ0n) is 7.74. The van der Waals surface area contributed by atoms with Crippen LogP contribution in [0.5, 0.6) is 0 Å². The first-order valence-corrected chi connectivity index (χ1v) is 4.55. The first-order chi connectivity index (χ1) is 7.00. The third kappa shape index (κ3) is 1.84. The second-order valence-corrected chi connectivity index (χ2v) is 3.53. The monoisotopic (exact) mass is 219 g/mol. The molecule has 1 aliphatic heterocycles. The van der Waals surface area contributed by atoms with Crippen molar-refractivity contribution in [3.63, 3.8) is 0 Å². The highest BCUT2D eigenvalue weighted by Crippen LogP contribution is 2.38. The van der Waals surface area contributed by atoms with Crippen LogP contribution in [-0.2, 0) is 6.54 Å². The Balaban J connectivity index is 2.48. The summed E-state index contributed by atoms with van der Waals surface area (Å²) in [5, 5.41) is 2.58. The van der Waals surface area contributed by atoms with E-state index in [4.69, 9.17) is 0 Å². The molecule has 0 aromatic heterocycles. The van der Waals surface area contributed by atoms with Crippen molar-refractivity contribution in [2.24, 2.45) is 0 Å². The van der Waals surface area contributed by atoms with Crippen LogP contribution in [0.1, 0.15) is 17.0 Å². The van der Waals surface area contributed by atoms with E-state index in [-0.39, 0.29) is 24.2 Å². The molecule has 5 heteroatoms. The molecule has 0 aliphatic carbocycles. The number of rotatable bonds is 0. The minimum Gasteiger partial charge on any atom is -0.312 e. The topological polar surface area (TPSA) is 12.0 Å². The van der Waals surface area contributed by atoms with Crippen LogP contribution in [0.4, 0.5) is 17.6 Å². The van der Waals surface area contributed by atoms with Gasteiger partial charge >= 0.3 is 6.18 Å². The Labute approximate surface area is 84.1 Å². The number of hydrogen-bond donors (Lipinski definition) is 1. The quantitative estimate of drug-likeness (QED) is 0.661. The maximum absolute atomic E-state index is 13.2. The Hall–Kier alpha value is -1.10. The van der Waals surface area contributed by atoms with E-state index in [1.54, 1.807) is 0 Å². The molecule has 0 saturated carbocycles. The average molecular weight is 219 g/mol. The van der Waals surface area contributed by atoms with E-state index in [9.17, 15) is 17.6 Å². The van der Waals surface area contributed by atoms with E-state index in [2.05, 4.69) is 5.32 Å². The van der Waals surface area contributed by atoms with Gasteiger partial charge in [0.1, 0.15) is 5.82 Å². The van der Waals surface area contributed by atoms with Crippen molar-refractivity contribution in [3.05, 3.63) is 35.1 Å². The fraction of sp³-hybridized carbons (Fsp3) is 0.400. The molecule has 15 heavy (non-hydrogen) atoms. The minimum atomic E-state index is -4.32. The number of nitrogens with one attached hydrogen (secondary N) is 1. The minimum absolute atomic E-state index is 0.0567. The first kappa shape index (κ1) is 10.4.